The molecular formula is C29H40F3N3O. The van der Waals surface area contributed by atoms with E-state index in [1.165, 1.54) is 12.2 Å². The van der Waals surface area contributed by atoms with Crippen LogP contribution in [0.25, 0.3) is 5.57 Å². The van der Waals surface area contributed by atoms with Crippen LogP contribution in [0.15, 0.2) is 71.7 Å². The lowest BCUT2D eigenvalue weighted by molar-refractivity contribution is -0.0883. The van der Waals surface area contributed by atoms with Gasteiger partial charge in [-0.25, -0.2) is 0 Å². The van der Waals surface area contributed by atoms with E-state index in [-0.39, 0.29) is 12.1 Å². The van der Waals surface area contributed by atoms with Crippen molar-refractivity contribution in [2.24, 2.45) is 0 Å². The molecule has 0 bridgehead atoms. The van der Waals surface area contributed by atoms with Crippen LogP contribution in [0.3, 0.4) is 0 Å². The highest BCUT2D eigenvalue weighted by atomic mass is 19.4. The largest absolute Gasteiger partial charge is 0.491 e. The summed E-state index contributed by atoms with van der Waals surface area (Å²) in [6.45, 7) is 12.3. The van der Waals surface area contributed by atoms with Crippen molar-refractivity contribution >= 4 is 5.57 Å². The van der Waals surface area contributed by atoms with E-state index in [0.29, 0.717) is 17.7 Å². The summed E-state index contributed by atoms with van der Waals surface area (Å²) in [4.78, 5) is 0. The van der Waals surface area contributed by atoms with E-state index in [9.17, 15) is 13.2 Å². The predicted molar refractivity (Wildman–Crippen MR) is 142 cm³/mol. The first-order valence-corrected chi connectivity index (χ1v) is 12.8. The first kappa shape index (κ1) is 29.3. The maximum Gasteiger partial charge on any atom is 0.416 e. The first-order valence-electron chi connectivity index (χ1n) is 12.8. The number of allylic oxidation sites excluding steroid dienone is 11. The third kappa shape index (κ3) is 8.92. The molecule has 0 saturated carbocycles. The molecule has 1 aromatic rings. The van der Waals surface area contributed by atoms with Gasteiger partial charge < -0.3 is 10.1 Å². The van der Waals surface area contributed by atoms with Gasteiger partial charge in [-0.15, -0.1) is 0 Å². The molecule has 0 radical (unpaired) electrons. The number of aryl methyl sites for hydroxylation is 1. The van der Waals surface area contributed by atoms with Crippen LogP contribution in [-0.4, -0.2) is 22.1 Å². The monoisotopic (exact) mass is 503 g/mol. The fourth-order valence-corrected chi connectivity index (χ4v) is 4.04. The molecule has 0 spiro atoms. The van der Waals surface area contributed by atoms with Crippen LogP contribution in [0, 0.1) is 0 Å². The number of nitrogens with one attached hydrogen (secondary N) is 1. The summed E-state index contributed by atoms with van der Waals surface area (Å²) in [7, 11) is 0. The third-order valence-electron chi connectivity index (χ3n) is 5.52. The topological polar surface area (TPSA) is 39.1 Å². The maximum atomic E-state index is 13.5. The minimum Gasteiger partial charge on any atom is -0.491 e. The van der Waals surface area contributed by atoms with Crippen molar-refractivity contribution in [3.05, 3.63) is 83.1 Å². The lowest BCUT2D eigenvalue weighted by Crippen LogP contribution is -2.26. The van der Waals surface area contributed by atoms with Gasteiger partial charge in [-0.3, -0.25) is 4.68 Å². The van der Waals surface area contributed by atoms with E-state index < -0.39 is 11.7 Å². The number of hydrogen-bond acceptors (Lipinski definition) is 3. The van der Waals surface area contributed by atoms with Gasteiger partial charge in [-0.05, 0) is 83.7 Å². The Morgan fingerprint density at radius 2 is 1.94 bits per heavy atom. The fourth-order valence-electron chi connectivity index (χ4n) is 4.04. The summed E-state index contributed by atoms with van der Waals surface area (Å²) in [5.74, 6) is 0.843. The Kier molecular flexibility index (Phi) is 11.3. The van der Waals surface area contributed by atoms with Gasteiger partial charge in [0.15, 0.2) is 0 Å². The number of ether oxygens (including phenoxy) is 1. The molecule has 0 fully saturated rings. The summed E-state index contributed by atoms with van der Waals surface area (Å²) >= 11 is 0. The molecule has 7 heteroatoms. The lowest BCUT2D eigenvalue weighted by Gasteiger charge is -2.25. The molecule has 1 unspecified atom stereocenters. The number of fused-ring (bicyclic) bond motifs is 1. The minimum atomic E-state index is -4.41. The quantitative estimate of drug-likeness (QED) is 0.244. The molecule has 198 valence electrons. The molecule has 2 rings (SSSR count). The number of nitrogens with zero attached hydrogens (tertiary/aromatic N) is 2. The highest BCUT2D eigenvalue weighted by Crippen LogP contribution is 2.32. The normalized spacial score (nSPS) is 18.4. The molecule has 36 heavy (non-hydrogen) atoms. The highest BCUT2D eigenvalue weighted by Gasteiger charge is 2.32. The van der Waals surface area contributed by atoms with Crippen molar-refractivity contribution in [1.82, 2.24) is 15.1 Å². The van der Waals surface area contributed by atoms with Gasteiger partial charge >= 0.3 is 6.18 Å². The van der Waals surface area contributed by atoms with Crippen molar-refractivity contribution in [1.29, 1.82) is 0 Å². The zero-order chi connectivity index (χ0) is 26.7. The van der Waals surface area contributed by atoms with Gasteiger partial charge in [-0.1, -0.05) is 38.2 Å². The Hall–Kier alpha value is -2.96. The average Bonchev–Trinajstić information content (AvgIpc) is 3.22. The van der Waals surface area contributed by atoms with Crippen LogP contribution in [0.4, 0.5) is 13.2 Å². The van der Waals surface area contributed by atoms with E-state index in [0.717, 1.165) is 43.0 Å². The van der Waals surface area contributed by atoms with Crippen molar-refractivity contribution in [2.75, 3.05) is 0 Å². The molecule has 0 aromatic carbocycles. The van der Waals surface area contributed by atoms with E-state index in [1.54, 1.807) is 26.0 Å². The zero-order valence-corrected chi connectivity index (χ0v) is 22.3. The summed E-state index contributed by atoms with van der Waals surface area (Å²) in [6.07, 6.45) is 12.5. The SMILES string of the molecule is C\C=C/C(=C\C(=C\CC)C(F)(F)F)c1cc2n(n1)CCCC2N/C(C)=C/C=C\C(=C\CC)OC(C)C. The van der Waals surface area contributed by atoms with Crippen LogP contribution in [0.5, 0.6) is 0 Å². The Morgan fingerprint density at radius 3 is 2.56 bits per heavy atom. The second-order valence-electron chi connectivity index (χ2n) is 9.07. The molecule has 4 nitrogen and oxygen atoms in total. The number of halogens is 3. The van der Waals surface area contributed by atoms with E-state index in [1.807, 2.05) is 55.8 Å². The zero-order valence-electron chi connectivity index (χ0n) is 22.3. The molecule has 1 aliphatic rings. The molecule has 1 aromatic heterocycles. The second kappa shape index (κ2) is 14.0. The lowest BCUT2D eigenvalue weighted by atomic mass is 10.0. The van der Waals surface area contributed by atoms with Crippen LogP contribution < -0.4 is 5.32 Å². The second-order valence-corrected chi connectivity index (χ2v) is 9.07. The van der Waals surface area contributed by atoms with Gasteiger partial charge in [0.05, 0.1) is 29.1 Å². The fraction of sp³-hybridized carbons (Fsp3) is 0.483. The minimum absolute atomic E-state index is 0.0299. The van der Waals surface area contributed by atoms with Gasteiger partial charge in [0, 0.05) is 17.8 Å². The molecule has 1 N–H and O–H groups in total. The maximum absolute atomic E-state index is 13.5. The Labute approximate surface area is 214 Å². The summed E-state index contributed by atoms with van der Waals surface area (Å²) in [5.41, 5.74) is 2.31. The molecule has 0 aliphatic carbocycles. The van der Waals surface area contributed by atoms with Crippen LogP contribution >= 0.6 is 0 Å². The summed E-state index contributed by atoms with van der Waals surface area (Å²) in [6, 6.07) is 1.94. The van der Waals surface area contributed by atoms with Crippen molar-refractivity contribution in [3.8, 4) is 0 Å². The van der Waals surface area contributed by atoms with Gasteiger partial charge in [0.2, 0.25) is 0 Å². The molecular weight excluding hydrogens is 463 g/mol. The summed E-state index contributed by atoms with van der Waals surface area (Å²) in [5, 5.41) is 8.21. The molecule has 0 amide bonds. The number of rotatable bonds is 11. The van der Waals surface area contributed by atoms with Crippen molar-refractivity contribution in [3.63, 3.8) is 0 Å². The Bertz CT molecular complexity index is 1040. The molecule has 1 atom stereocenters. The van der Waals surface area contributed by atoms with E-state index >= 15 is 0 Å². The van der Waals surface area contributed by atoms with Gasteiger partial charge in [-0.2, -0.15) is 18.3 Å². The van der Waals surface area contributed by atoms with Gasteiger partial charge in [0.25, 0.3) is 0 Å². The number of aromatic nitrogens is 2. The molecule has 0 saturated heterocycles. The highest BCUT2D eigenvalue weighted by molar-refractivity contribution is 5.74. The van der Waals surface area contributed by atoms with Crippen molar-refractivity contribution in [2.45, 2.75) is 92.1 Å². The average molecular weight is 504 g/mol. The van der Waals surface area contributed by atoms with Crippen molar-refractivity contribution < 1.29 is 17.9 Å². The number of alkyl halides is 3. The third-order valence-corrected chi connectivity index (χ3v) is 5.52. The van der Waals surface area contributed by atoms with E-state index in [2.05, 4.69) is 17.3 Å². The van der Waals surface area contributed by atoms with Gasteiger partial charge in [0.1, 0.15) is 5.76 Å². The summed E-state index contributed by atoms with van der Waals surface area (Å²) < 4.78 is 48.3. The van der Waals surface area contributed by atoms with Crippen LogP contribution in [0.2, 0.25) is 0 Å². The van der Waals surface area contributed by atoms with Crippen LogP contribution in [-0.2, 0) is 11.3 Å². The van der Waals surface area contributed by atoms with E-state index in [4.69, 9.17) is 4.74 Å². The smallest absolute Gasteiger partial charge is 0.416 e. The van der Waals surface area contributed by atoms with Crippen LogP contribution in [0.1, 0.15) is 84.7 Å². The first-order chi connectivity index (χ1) is 17.1. The number of hydrogen-bond donors (Lipinski definition) is 1. The Morgan fingerprint density at radius 1 is 1.22 bits per heavy atom. The molecule has 2 heterocycles. The standard InChI is InChI=1S/C29H40F3N3O/c1-7-12-23(19-24(13-8-2)29(30,31)32)27-20-28-26(17-11-18-35(28)34-27)33-22(6)15-10-16-25(14-9-3)36-21(4)5/h7,10,12-16,19-21,26,33H,8-9,11,17-18H2,1-6H3/b12-7-,16-10-,22-15+,23-19+,24-13-,25-14-. The Balaban J connectivity index is 2.28. The predicted octanol–water partition coefficient (Wildman–Crippen LogP) is 8.34. The molecule has 1 aliphatic heterocycles.